The van der Waals surface area contributed by atoms with Gasteiger partial charge in [-0.2, -0.15) is 4.31 Å². The summed E-state index contributed by atoms with van der Waals surface area (Å²) in [6, 6.07) is 3.96. The summed E-state index contributed by atoms with van der Waals surface area (Å²) in [7, 11) is -3.03. The van der Waals surface area contributed by atoms with Gasteiger partial charge in [0.15, 0.2) is 0 Å². The zero-order chi connectivity index (χ0) is 12.3. The molecule has 1 aliphatic rings. The van der Waals surface area contributed by atoms with E-state index in [1.54, 1.807) is 6.20 Å². The van der Waals surface area contributed by atoms with Crippen molar-refractivity contribution >= 4 is 10.0 Å². The molecule has 0 aliphatic carbocycles. The molecule has 0 N–H and O–H groups in total. The van der Waals surface area contributed by atoms with Crippen LogP contribution in [0.15, 0.2) is 24.5 Å². The smallest absolute Gasteiger partial charge is 0.211 e. The topological polar surface area (TPSA) is 53.5 Å². The SMILES string of the molecule is CS(=O)(=O)N1CCN(Cc2cccnc2)CC1. The van der Waals surface area contributed by atoms with Crippen LogP contribution in [0.5, 0.6) is 0 Å². The fourth-order valence-corrected chi connectivity index (χ4v) is 2.80. The van der Waals surface area contributed by atoms with Crippen LogP contribution in [0, 0.1) is 0 Å². The van der Waals surface area contributed by atoms with Gasteiger partial charge in [0.05, 0.1) is 6.26 Å². The molecule has 0 saturated carbocycles. The summed E-state index contributed by atoms with van der Waals surface area (Å²) in [5.41, 5.74) is 1.17. The Kier molecular flexibility index (Phi) is 3.76. The van der Waals surface area contributed by atoms with Crippen LogP contribution < -0.4 is 0 Å². The van der Waals surface area contributed by atoms with Crippen molar-refractivity contribution in [2.45, 2.75) is 6.54 Å². The van der Waals surface area contributed by atoms with Crippen LogP contribution in [0.3, 0.4) is 0 Å². The van der Waals surface area contributed by atoms with E-state index in [9.17, 15) is 8.42 Å². The molecule has 0 unspecified atom stereocenters. The molecular weight excluding hydrogens is 238 g/mol. The predicted molar refractivity (Wildman–Crippen MR) is 65.9 cm³/mol. The Balaban J connectivity index is 1.88. The monoisotopic (exact) mass is 255 g/mol. The third-order valence-corrected chi connectivity index (χ3v) is 4.23. The Labute approximate surface area is 102 Å². The third kappa shape index (κ3) is 3.49. The Hall–Kier alpha value is -0.980. The summed E-state index contributed by atoms with van der Waals surface area (Å²) in [6.45, 7) is 3.56. The Morgan fingerprint density at radius 2 is 2.00 bits per heavy atom. The summed E-state index contributed by atoms with van der Waals surface area (Å²) in [6.07, 6.45) is 4.87. The first-order valence-electron chi connectivity index (χ1n) is 5.62. The Bertz CT molecular complexity index is 453. The minimum Gasteiger partial charge on any atom is -0.296 e. The molecule has 1 saturated heterocycles. The largest absolute Gasteiger partial charge is 0.296 e. The van der Waals surface area contributed by atoms with Gasteiger partial charge in [-0.1, -0.05) is 6.07 Å². The quantitative estimate of drug-likeness (QED) is 0.772. The number of hydrogen-bond donors (Lipinski definition) is 0. The first kappa shape index (κ1) is 12.5. The zero-order valence-electron chi connectivity index (χ0n) is 9.91. The molecule has 1 aliphatic heterocycles. The van der Waals surface area contributed by atoms with E-state index in [0.29, 0.717) is 13.1 Å². The van der Waals surface area contributed by atoms with Crippen molar-refractivity contribution < 1.29 is 8.42 Å². The molecular formula is C11H17N3O2S. The minimum atomic E-state index is -3.03. The Morgan fingerprint density at radius 1 is 1.29 bits per heavy atom. The number of sulfonamides is 1. The summed E-state index contributed by atoms with van der Waals surface area (Å²) in [5.74, 6) is 0. The van der Waals surface area contributed by atoms with Gasteiger partial charge < -0.3 is 0 Å². The number of pyridine rings is 1. The van der Waals surface area contributed by atoms with Gasteiger partial charge in [-0.25, -0.2) is 8.42 Å². The van der Waals surface area contributed by atoms with Crippen LogP contribution in [-0.4, -0.2) is 55.0 Å². The standard InChI is InChI=1S/C11H17N3O2S/c1-17(15,16)14-7-5-13(6-8-14)10-11-3-2-4-12-9-11/h2-4,9H,5-8,10H2,1H3. The van der Waals surface area contributed by atoms with Crippen LogP contribution in [0.1, 0.15) is 5.56 Å². The number of nitrogens with zero attached hydrogens (tertiary/aromatic N) is 3. The molecule has 6 heteroatoms. The van der Waals surface area contributed by atoms with Gasteiger partial charge in [-0.3, -0.25) is 9.88 Å². The lowest BCUT2D eigenvalue weighted by Crippen LogP contribution is -2.47. The van der Waals surface area contributed by atoms with E-state index in [1.807, 2.05) is 18.3 Å². The van der Waals surface area contributed by atoms with Crippen LogP contribution in [-0.2, 0) is 16.6 Å². The highest BCUT2D eigenvalue weighted by molar-refractivity contribution is 7.88. The number of piperazine rings is 1. The molecule has 0 aromatic carbocycles. The molecule has 5 nitrogen and oxygen atoms in total. The molecule has 0 atom stereocenters. The second-order valence-electron chi connectivity index (χ2n) is 4.30. The molecule has 0 amide bonds. The predicted octanol–water partition coefficient (Wildman–Crippen LogP) is 0.159. The fourth-order valence-electron chi connectivity index (χ4n) is 1.97. The molecule has 94 valence electrons. The molecule has 1 fully saturated rings. The maximum Gasteiger partial charge on any atom is 0.211 e. The highest BCUT2D eigenvalue weighted by atomic mass is 32.2. The van der Waals surface area contributed by atoms with Crippen LogP contribution in [0.2, 0.25) is 0 Å². The maximum absolute atomic E-state index is 11.3. The number of aromatic nitrogens is 1. The molecule has 0 radical (unpaired) electrons. The molecule has 17 heavy (non-hydrogen) atoms. The summed E-state index contributed by atoms with van der Waals surface area (Å²) in [4.78, 5) is 6.32. The average molecular weight is 255 g/mol. The van der Waals surface area contributed by atoms with E-state index in [-0.39, 0.29) is 0 Å². The molecule has 2 heterocycles. The van der Waals surface area contributed by atoms with Crippen LogP contribution >= 0.6 is 0 Å². The van der Waals surface area contributed by atoms with Crippen molar-refractivity contribution in [2.75, 3.05) is 32.4 Å². The van der Waals surface area contributed by atoms with E-state index in [1.165, 1.54) is 16.1 Å². The minimum absolute atomic E-state index is 0.582. The first-order chi connectivity index (χ1) is 8.05. The van der Waals surface area contributed by atoms with E-state index < -0.39 is 10.0 Å². The summed E-state index contributed by atoms with van der Waals surface area (Å²) < 4.78 is 24.2. The summed E-state index contributed by atoms with van der Waals surface area (Å²) >= 11 is 0. The van der Waals surface area contributed by atoms with E-state index in [4.69, 9.17) is 0 Å². The second-order valence-corrected chi connectivity index (χ2v) is 6.28. The molecule has 1 aromatic rings. The van der Waals surface area contributed by atoms with Crippen molar-refractivity contribution in [2.24, 2.45) is 0 Å². The molecule has 0 bridgehead atoms. The van der Waals surface area contributed by atoms with Gasteiger partial charge >= 0.3 is 0 Å². The van der Waals surface area contributed by atoms with Crippen LogP contribution in [0.4, 0.5) is 0 Å². The lowest BCUT2D eigenvalue weighted by Gasteiger charge is -2.33. The van der Waals surface area contributed by atoms with Gasteiger partial charge in [-0.15, -0.1) is 0 Å². The van der Waals surface area contributed by atoms with Crippen molar-refractivity contribution in [3.05, 3.63) is 30.1 Å². The van der Waals surface area contributed by atoms with Gasteiger partial charge in [0.25, 0.3) is 0 Å². The highest BCUT2D eigenvalue weighted by Gasteiger charge is 2.23. The second kappa shape index (κ2) is 5.12. The van der Waals surface area contributed by atoms with Crippen molar-refractivity contribution in [3.8, 4) is 0 Å². The number of rotatable bonds is 3. The number of hydrogen-bond acceptors (Lipinski definition) is 4. The molecule has 2 rings (SSSR count). The van der Waals surface area contributed by atoms with Gasteiger partial charge in [0, 0.05) is 45.1 Å². The van der Waals surface area contributed by atoms with Crippen molar-refractivity contribution in [1.82, 2.24) is 14.2 Å². The van der Waals surface area contributed by atoms with Gasteiger partial charge in [-0.05, 0) is 11.6 Å². The molecule has 0 spiro atoms. The normalized spacial score (nSPS) is 19.4. The van der Waals surface area contributed by atoms with E-state index in [2.05, 4.69) is 9.88 Å². The van der Waals surface area contributed by atoms with Gasteiger partial charge in [0.2, 0.25) is 10.0 Å². The Morgan fingerprint density at radius 3 is 2.53 bits per heavy atom. The van der Waals surface area contributed by atoms with Crippen molar-refractivity contribution in [1.29, 1.82) is 0 Å². The third-order valence-electron chi connectivity index (χ3n) is 2.93. The van der Waals surface area contributed by atoms with Gasteiger partial charge in [0.1, 0.15) is 0 Å². The lowest BCUT2D eigenvalue weighted by molar-refractivity contribution is 0.182. The maximum atomic E-state index is 11.3. The fraction of sp³-hybridized carbons (Fsp3) is 0.545. The highest BCUT2D eigenvalue weighted by Crippen LogP contribution is 2.09. The van der Waals surface area contributed by atoms with Crippen LogP contribution in [0.25, 0.3) is 0 Å². The average Bonchev–Trinajstić information content (AvgIpc) is 2.30. The van der Waals surface area contributed by atoms with E-state index >= 15 is 0 Å². The lowest BCUT2D eigenvalue weighted by atomic mass is 10.2. The molecule has 1 aromatic heterocycles. The van der Waals surface area contributed by atoms with Crippen molar-refractivity contribution in [3.63, 3.8) is 0 Å². The summed E-state index contributed by atoms with van der Waals surface area (Å²) in [5, 5.41) is 0. The first-order valence-corrected chi connectivity index (χ1v) is 7.47. The van der Waals surface area contributed by atoms with E-state index in [0.717, 1.165) is 19.6 Å². The zero-order valence-corrected chi connectivity index (χ0v) is 10.7.